The van der Waals surface area contributed by atoms with E-state index in [9.17, 15) is 18.0 Å². The highest BCUT2D eigenvalue weighted by atomic mass is 79.9. The Labute approximate surface area is 209 Å². The number of carbonyl (C=O) groups is 2. The third kappa shape index (κ3) is 8.32. The van der Waals surface area contributed by atoms with Gasteiger partial charge in [0.1, 0.15) is 12.6 Å². The zero-order valence-corrected chi connectivity index (χ0v) is 22.2. The highest BCUT2D eigenvalue weighted by Gasteiger charge is 2.30. The lowest BCUT2D eigenvalue weighted by atomic mass is 10.1. The number of carbonyl (C=O) groups excluding carboxylic acids is 2. The number of rotatable bonds is 10. The van der Waals surface area contributed by atoms with Crippen molar-refractivity contribution in [3.05, 3.63) is 63.6 Å². The second-order valence-corrected chi connectivity index (χ2v) is 11.5. The number of hydrogen-bond acceptors (Lipinski definition) is 4. The first-order valence-electron chi connectivity index (χ1n) is 10.4. The number of amides is 2. The van der Waals surface area contributed by atoms with Crippen LogP contribution in [0.2, 0.25) is 5.02 Å². The van der Waals surface area contributed by atoms with Crippen molar-refractivity contribution in [3.8, 4) is 0 Å². The zero-order chi connectivity index (χ0) is 24.8. The Morgan fingerprint density at radius 2 is 1.73 bits per heavy atom. The van der Waals surface area contributed by atoms with Gasteiger partial charge in [-0.1, -0.05) is 59.6 Å². The van der Waals surface area contributed by atoms with Crippen LogP contribution in [0, 0.1) is 5.92 Å². The second-order valence-electron chi connectivity index (χ2n) is 8.21. The maximum Gasteiger partial charge on any atom is 0.244 e. The molecule has 180 valence electrons. The lowest BCUT2D eigenvalue weighted by Gasteiger charge is -2.31. The van der Waals surface area contributed by atoms with Crippen molar-refractivity contribution in [2.24, 2.45) is 5.92 Å². The van der Waals surface area contributed by atoms with E-state index < -0.39 is 28.5 Å². The summed E-state index contributed by atoms with van der Waals surface area (Å²) in [7, 11) is -3.79. The van der Waals surface area contributed by atoms with Crippen LogP contribution in [-0.2, 0) is 26.2 Å². The number of benzene rings is 2. The molecule has 2 amide bonds. The molecule has 0 spiro atoms. The quantitative estimate of drug-likeness (QED) is 0.477. The molecule has 0 saturated carbocycles. The summed E-state index contributed by atoms with van der Waals surface area (Å²) in [5.41, 5.74) is 1.09. The Balaban J connectivity index is 2.35. The lowest BCUT2D eigenvalue weighted by molar-refractivity contribution is -0.139. The van der Waals surface area contributed by atoms with Gasteiger partial charge < -0.3 is 10.2 Å². The summed E-state index contributed by atoms with van der Waals surface area (Å²) in [5.74, 6) is -0.557. The van der Waals surface area contributed by atoms with Gasteiger partial charge in [-0.15, -0.1) is 0 Å². The molecule has 0 heterocycles. The van der Waals surface area contributed by atoms with Crippen molar-refractivity contribution < 1.29 is 18.0 Å². The van der Waals surface area contributed by atoms with Crippen LogP contribution in [0.25, 0.3) is 0 Å². The van der Waals surface area contributed by atoms with E-state index in [1.165, 1.54) is 11.0 Å². The van der Waals surface area contributed by atoms with Crippen LogP contribution in [0.4, 0.5) is 5.69 Å². The molecular formula is C23H29BrClN3O4S. The van der Waals surface area contributed by atoms with Crippen LogP contribution < -0.4 is 9.62 Å². The van der Waals surface area contributed by atoms with Crippen LogP contribution in [0.15, 0.2) is 53.0 Å². The van der Waals surface area contributed by atoms with Crippen molar-refractivity contribution in [1.82, 2.24) is 10.2 Å². The summed E-state index contributed by atoms with van der Waals surface area (Å²) < 4.78 is 26.9. The topological polar surface area (TPSA) is 86.8 Å². The highest BCUT2D eigenvalue weighted by Crippen LogP contribution is 2.23. The van der Waals surface area contributed by atoms with E-state index in [1.807, 2.05) is 38.1 Å². The summed E-state index contributed by atoms with van der Waals surface area (Å²) in [4.78, 5) is 27.6. The zero-order valence-electron chi connectivity index (χ0n) is 19.1. The molecule has 1 atom stereocenters. The minimum absolute atomic E-state index is 0.148. The largest absolute Gasteiger partial charge is 0.354 e. The summed E-state index contributed by atoms with van der Waals surface area (Å²) in [6.45, 7) is 5.75. The van der Waals surface area contributed by atoms with Gasteiger partial charge in [0.2, 0.25) is 21.8 Å². The number of nitrogens with zero attached hydrogens (tertiary/aromatic N) is 2. The van der Waals surface area contributed by atoms with Crippen molar-refractivity contribution in [3.63, 3.8) is 0 Å². The molecule has 0 radical (unpaired) electrons. The fourth-order valence-corrected chi connectivity index (χ4v) is 4.36. The van der Waals surface area contributed by atoms with Crippen molar-refractivity contribution >= 4 is 55.1 Å². The summed E-state index contributed by atoms with van der Waals surface area (Å²) in [6, 6.07) is 12.8. The molecule has 7 nitrogen and oxygen atoms in total. The predicted molar refractivity (Wildman–Crippen MR) is 136 cm³/mol. The van der Waals surface area contributed by atoms with Gasteiger partial charge in [-0.25, -0.2) is 8.42 Å². The fraction of sp³-hybridized carbons (Fsp3) is 0.391. The Hall–Kier alpha value is -2.10. The van der Waals surface area contributed by atoms with E-state index in [1.54, 1.807) is 25.1 Å². The van der Waals surface area contributed by atoms with E-state index >= 15 is 0 Å². The van der Waals surface area contributed by atoms with Gasteiger partial charge in [-0.2, -0.15) is 0 Å². The molecule has 2 rings (SSSR count). The van der Waals surface area contributed by atoms with Gasteiger partial charge in [0.25, 0.3) is 0 Å². The van der Waals surface area contributed by atoms with E-state index in [0.29, 0.717) is 11.6 Å². The fourth-order valence-electron chi connectivity index (χ4n) is 3.07. The normalized spacial score (nSPS) is 12.3. The van der Waals surface area contributed by atoms with Crippen molar-refractivity contribution in [2.75, 3.05) is 23.7 Å². The molecule has 0 bridgehead atoms. The Morgan fingerprint density at radius 3 is 2.27 bits per heavy atom. The first kappa shape index (κ1) is 27.1. The SMILES string of the molecule is CC(C)CNC(=O)C(C)N(Cc1ccc(Br)cc1)C(=O)CN(c1cccc(Cl)c1)S(C)(=O)=O. The third-order valence-corrected chi connectivity index (χ3v) is 6.80. The van der Waals surface area contributed by atoms with E-state index in [-0.39, 0.29) is 24.1 Å². The minimum atomic E-state index is -3.79. The molecular weight excluding hydrogens is 530 g/mol. The average Bonchev–Trinajstić information content (AvgIpc) is 2.73. The van der Waals surface area contributed by atoms with Gasteiger partial charge in [0.15, 0.2) is 0 Å². The maximum absolute atomic E-state index is 13.4. The molecule has 10 heteroatoms. The van der Waals surface area contributed by atoms with Crippen molar-refractivity contribution in [1.29, 1.82) is 0 Å². The van der Waals surface area contributed by atoms with E-state index in [0.717, 1.165) is 20.6 Å². The number of sulfonamides is 1. The standard InChI is InChI=1S/C23H29BrClN3O4S/c1-16(2)13-26-23(30)17(3)27(14-18-8-10-19(24)11-9-18)22(29)15-28(33(4,31)32)21-7-5-6-20(25)12-21/h5-12,16-17H,13-15H2,1-4H3,(H,26,30). The first-order valence-corrected chi connectivity index (χ1v) is 13.4. The van der Waals surface area contributed by atoms with E-state index in [4.69, 9.17) is 11.6 Å². The number of nitrogens with one attached hydrogen (secondary N) is 1. The van der Waals surface area contributed by atoms with Crippen LogP contribution in [-0.4, -0.2) is 50.5 Å². The predicted octanol–water partition coefficient (Wildman–Crippen LogP) is 4.06. The number of anilines is 1. The first-order chi connectivity index (χ1) is 15.4. The molecule has 0 aliphatic rings. The monoisotopic (exact) mass is 557 g/mol. The van der Waals surface area contributed by atoms with Crippen molar-refractivity contribution in [2.45, 2.75) is 33.4 Å². The van der Waals surface area contributed by atoms with Gasteiger partial charge >= 0.3 is 0 Å². The molecule has 1 unspecified atom stereocenters. The van der Waals surface area contributed by atoms with Crippen LogP contribution in [0.5, 0.6) is 0 Å². The maximum atomic E-state index is 13.4. The summed E-state index contributed by atoms with van der Waals surface area (Å²) in [5, 5.41) is 3.19. The molecule has 2 aromatic carbocycles. The third-order valence-electron chi connectivity index (χ3n) is 4.89. The lowest BCUT2D eigenvalue weighted by Crippen LogP contribution is -2.51. The smallest absolute Gasteiger partial charge is 0.244 e. The summed E-state index contributed by atoms with van der Waals surface area (Å²) in [6.07, 6.45) is 1.03. The molecule has 33 heavy (non-hydrogen) atoms. The molecule has 0 saturated heterocycles. The Kier molecular flexibility index (Phi) is 9.75. The van der Waals surface area contributed by atoms with Gasteiger partial charge in [0.05, 0.1) is 11.9 Å². The van der Waals surface area contributed by atoms with E-state index in [2.05, 4.69) is 21.2 Å². The van der Waals surface area contributed by atoms with Crippen LogP contribution in [0.3, 0.4) is 0 Å². The average molecular weight is 559 g/mol. The molecule has 0 aliphatic carbocycles. The van der Waals surface area contributed by atoms with Crippen LogP contribution >= 0.6 is 27.5 Å². The number of hydrogen-bond donors (Lipinski definition) is 1. The summed E-state index contributed by atoms with van der Waals surface area (Å²) >= 11 is 9.42. The molecule has 0 fully saturated rings. The Morgan fingerprint density at radius 1 is 1.09 bits per heavy atom. The van der Waals surface area contributed by atoms with Gasteiger partial charge in [-0.3, -0.25) is 13.9 Å². The number of halogens is 2. The molecule has 0 aliphatic heterocycles. The molecule has 2 aromatic rings. The van der Waals surface area contributed by atoms with Gasteiger partial charge in [-0.05, 0) is 48.7 Å². The second kappa shape index (κ2) is 11.9. The molecule has 1 N–H and O–H groups in total. The Bertz CT molecular complexity index is 1080. The molecule has 0 aromatic heterocycles. The van der Waals surface area contributed by atoms with Crippen LogP contribution in [0.1, 0.15) is 26.3 Å². The minimum Gasteiger partial charge on any atom is -0.354 e. The van der Waals surface area contributed by atoms with Gasteiger partial charge in [0, 0.05) is 22.6 Å². The highest BCUT2D eigenvalue weighted by molar-refractivity contribution is 9.10.